The molecule has 0 fully saturated rings. The Hall–Kier alpha value is 0.844. The predicted molar refractivity (Wildman–Crippen MR) is 19.2 cm³/mol. The first-order valence-corrected chi connectivity index (χ1v) is 1.45. The van der Waals surface area contributed by atoms with Crippen molar-refractivity contribution in [1.82, 2.24) is 0 Å². The van der Waals surface area contributed by atoms with Crippen molar-refractivity contribution in [2.24, 2.45) is 0 Å². The van der Waals surface area contributed by atoms with Crippen LogP contribution in [0.1, 0.15) is 13.3 Å². The van der Waals surface area contributed by atoms with Crippen molar-refractivity contribution in [1.29, 1.82) is 0 Å². The summed E-state index contributed by atoms with van der Waals surface area (Å²) in [6.45, 7) is 6.90. The van der Waals surface area contributed by atoms with Crippen LogP contribution < -0.4 is 0 Å². The molecule has 0 saturated heterocycles. The molecule has 0 N–H and O–H groups in total. The van der Waals surface area contributed by atoms with Gasteiger partial charge in [-0.1, -0.05) is 13.3 Å². The van der Waals surface area contributed by atoms with Gasteiger partial charge in [0.15, 0.2) is 0 Å². The Bertz CT molecular complexity index is 17.6. The standard InChI is InChI=1S/C4H7.Y/c1-3-4-2;/h1,3H,4H2,2H3;/q-1;+3. The maximum Gasteiger partial charge on any atom is 3.00 e. The Balaban J connectivity index is 0. The van der Waals surface area contributed by atoms with E-state index in [1.54, 1.807) is 6.08 Å². The van der Waals surface area contributed by atoms with Crippen LogP contribution in [0.25, 0.3) is 0 Å². The van der Waals surface area contributed by atoms with E-state index < -0.39 is 0 Å². The van der Waals surface area contributed by atoms with Crippen LogP contribution in [0, 0.1) is 6.58 Å². The summed E-state index contributed by atoms with van der Waals surface area (Å²) in [5.41, 5.74) is 0. The average molecular weight is 144 g/mol. The largest absolute Gasteiger partial charge is 3.00 e. The van der Waals surface area contributed by atoms with E-state index in [4.69, 9.17) is 6.58 Å². The average Bonchev–Trinajstić information content (AvgIpc) is 1.37. The van der Waals surface area contributed by atoms with Gasteiger partial charge < -0.3 is 6.58 Å². The van der Waals surface area contributed by atoms with Gasteiger partial charge in [-0.15, -0.1) is 0 Å². The number of rotatable bonds is 1. The molecule has 0 nitrogen and oxygen atoms in total. The minimum atomic E-state index is 0. The molecule has 0 aliphatic carbocycles. The summed E-state index contributed by atoms with van der Waals surface area (Å²) in [4.78, 5) is 0. The molecule has 0 aromatic heterocycles. The van der Waals surface area contributed by atoms with Crippen LogP contribution >= 0.6 is 0 Å². The molecule has 0 heterocycles. The van der Waals surface area contributed by atoms with E-state index in [0.29, 0.717) is 0 Å². The molecule has 0 spiro atoms. The third-order valence-corrected chi connectivity index (χ3v) is 0.236. The van der Waals surface area contributed by atoms with E-state index in [1.165, 1.54) is 0 Å². The van der Waals surface area contributed by atoms with Crippen LogP contribution in [0.3, 0.4) is 0 Å². The maximum atomic E-state index is 4.90. The van der Waals surface area contributed by atoms with Crippen molar-refractivity contribution in [2.75, 3.05) is 0 Å². The van der Waals surface area contributed by atoms with Gasteiger partial charge in [-0.05, 0) is 0 Å². The van der Waals surface area contributed by atoms with Crippen LogP contribution in [0.4, 0.5) is 0 Å². The number of hydrogen-bond acceptors (Lipinski definition) is 0. The molecule has 0 rings (SSSR count). The van der Waals surface area contributed by atoms with Crippen molar-refractivity contribution in [3.63, 3.8) is 0 Å². The van der Waals surface area contributed by atoms with Crippen LogP contribution in [0.2, 0.25) is 0 Å². The van der Waals surface area contributed by atoms with E-state index in [1.807, 2.05) is 6.92 Å². The molecule has 0 bridgehead atoms. The van der Waals surface area contributed by atoms with Crippen LogP contribution in [-0.4, -0.2) is 0 Å². The molecule has 0 saturated carbocycles. The first kappa shape index (κ1) is 9.28. The van der Waals surface area contributed by atoms with Crippen molar-refractivity contribution in [3.05, 3.63) is 12.7 Å². The van der Waals surface area contributed by atoms with Gasteiger partial charge in [0.25, 0.3) is 0 Å². The summed E-state index contributed by atoms with van der Waals surface area (Å²) < 4.78 is 0. The van der Waals surface area contributed by atoms with Gasteiger partial charge in [0, 0.05) is 0 Å². The van der Waals surface area contributed by atoms with E-state index in [2.05, 4.69) is 0 Å². The molecule has 0 aliphatic rings. The van der Waals surface area contributed by atoms with Crippen molar-refractivity contribution < 1.29 is 32.7 Å². The summed E-state index contributed by atoms with van der Waals surface area (Å²) in [6, 6.07) is 0. The molecular formula is C4H7Y+2. The molecule has 0 aromatic rings. The SMILES string of the molecule is [CH-]=CCC.[Y+3]. The normalized spacial score (nSPS) is 5.00. The van der Waals surface area contributed by atoms with E-state index in [-0.39, 0.29) is 32.7 Å². The fourth-order valence-corrected chi connectivity index (χ4v) is 0. The molecule has 0 atom stereocenters. The molecule has 0 aromatic carbocycles. The third kappa shape index (κ3) is 11.5. The van der Waals surface area contributed by atoms with Crippen molar-refractivity contribution in [3.8, 4) is 0 Å². The van der Waals surface area contributed by atoms with E-state index >= 15 is 0 Å². The zero-order valence-electron chi connectivity index (χ0n) is 3.44. The fourth-order valence-electron chi connectivity index (χ4n) is 0. The summed E-state index contributed by atoms with van der Waals surface area (Å²) >= 11 is 0. The van der Waals surface area contributed by atoms with Crippen LogP contribution in [0.15, 0.2) is 6.08 Å². The molecule has 1 heteroatoms. The summed E-state index contributed by atoms with van der Waals surface area (Å²) in [5, 5.41) is 0. The van der Waals surface area contributed by atoms with Crippen LogP contribution in [-0.2, 0) is 32.7 Å². The Morgan fingerprint density at radius 3 is 2.00 bits per heavy atom. The Labute approximate surface area is 58.5 Å². The molecule has 5 heavy (non-hydrogen) atoms. The second-order valence-electron chi connectivity index (χ2n) is 0.644. The van der Waals surface area contributed by atoms with Gasteiger partial charge >= 0.3 is 32.7 Å². The third-order valence-electron chi connectivity index (χ3n) is 0.236. The summed E-state index contributed by atoms with van der Waals surface area (Å²) in [6.07, 6.45) is 2.60. The van der Waals surface area contributed by atoms with Crippen molar-refractivity contribution >= 4 is 0 Å². The first-order valence-electron chi connectivity index (χ1n) is 1.45. The smallest absolute Gasteiger partial charge is 0.518 e. The predicted octanol–water partition coefficient (Wildman–Crippen LogP) is 1.38. The van der Waals surface area contributed by atoms with Gasteiger partial charge in [-0.25, -0.2) is 0 Å². The Morgan fingerprint density at radius 2 is 2.00 bits per heavy atom. The van der Waals surface area contributed by atoms with Gasteiger partial charge in [0.2, 0.25) is 0 Å². The number of allylic oxidation sites excluding steroid dienone is 1. The van der Waals surface area contributed by atoms with Gasteiger partial charge in [-0.3, -0.25) is 6.08 Å². The second kappa shape index (κ2) is 8.85. The zero-order valence-corrected chi connectivity index (χ0v) is 6.28. The maximum absolute atomic E-state index is 4.90. The topological polar surface area (TPSA) is 0 Å². The Morgan fingerprint density at radius 1 is 1.80 bits per heavy atom. The zero-order chi connectivity index (χ0) is 3.41. The van der Waals surface area contributed by atoms with E-state index in [9.17, 15) is 0 Å². The van der Waals surface area contributed by atoms with E-state index in [0.717, 1.165) is 6.42 Å². The molecule has 0 aliphatic heterocycles. The second-order valence-corrected chi connectivity index (χ2v) is 0.644. The van der Waals surface area contributed by atoms with Gasteiger partial charge in [0.05, 0.1) is 0 Å². The van der Waals surface area contributed by atoms with Crippen LogP contribution in [0.5, 0.6) is 0 Å². The number of hydrogen-bond donors (Lipinski definition) is 0. The minimum Gasteiger partial charge on any atom is -0.518 e. The molecular weight excluding hydrogens is 137 g/mol. The molecule has 0 unspecified atom stereocenters. The van der Waals surface area contributed by atoms with Gasteiger partial charge in [0.1, 0.15) is 0 Å². The molecule has 0 amide bonds. The minimum absolute atomic E-state index is 0. The Kier molecular flexibility index (Phi) is 16.4. The first-order chi connectivity index (χ1) is 1.91. The quantitative estimate of drug-likeness (QED) is 0.487. The van der Waals surface area contributed by atoms with Crippen molar-refractivity contribution in [2.45, 2.75) is 13.3 Å². The molecule has 24 valence electrons. The fraction of sp³-hybridized carbons (Fsp3) is 0.500. The van der Waals surface area contributed by atoms with Gasteiger partial charge in [-0.2, -0.15) is 0 Å². The molecule has 0 radical (unpaired) electrons. The monoisotopic (exact) mass is 144 g/mol. The summed E-state index contributed by atoms with van der Waals surface area (Å²) in [5.74, 6) is 0. The summed E-state index contributed by atoms with van der Waals surface area (Å²) in [7, 11) is 0.